The van der Waals surface area contributed by atoms with E-state index in [4.69, 9.17) is 4.74 Å². The van der Waals surface area contributed by atoms with Crippen molar-refractivity contribution >= 4 is 17.4 Å². The lowest BCUT2D eigenvalue weighted by Crippen LogP contribution is -2.17. The van der Waals surface area contributed by atoms with Crippen molar-refractivity contribution in [1.29, 1.82) is 0 Å². The van der Waals surface area contributed by atoms with E-state index in [1.165, 1.54) is 30.3 Å². The van der Waals surface area contributed by atoms with E-state index in [2.05, 4.69) is 0 Å². The minimum atomic E-state index is -0.704. The lowest BCUT2D eigenvalue weighted by molar-refractivity contribution is -0.384. The number of nitro benzene ring substituents is 1. The molecule has 1 aromatic rings. The number of carbonyl (C=O) groups is 2. The Morgan fingerprint density at radius 2 is 1.83 bits per heavy atom. The van der Waals surface area contributed by atoms with Gasteiger partial charge in [-0.2, -0.15) is 0 Å². The molecule has 0 fully saturated rings. The molecule has 1 aliphatic carbocycles. The largest absolute Gasteiger partial charge is 0.462 e. The van der Waals surface area contributed by atoms with Crippen LogP contribution in [0.4, 0.5) is 5.69 Å². The average molecular weight is 313 g/mol. The number of benzene rings is 1. The molecular weight excluding hydrogens is 298 g/mol. The Morgan fingerprint density at radius 1 is 1.22 bits per heavy atom. The molecule has 0 aliphatic heterocycles. The molecule has 6 nitrogen and oxygen atoms in total. The number of Topliss-reactive ketones (excluding diaryl/α,β-unsaturated/α-hetero) is 1. The van der Waals surface area contributed by atoms with Gasteiger partial charge in [0.15, 0.2) is 5.78 Å². The molecule has 0 saturated heterocycles. The van der Waals surface area contributed by atoms with E-state index in [0.717, 1.165) is 0 Å². The van der Waals surface area contributed by atoms with Crippen LogP contribution in [0.5, 0.6) is 0 Å². The van der Waals surface area contributed by atoms with Crippen LogP contribution >= 0.6 is 0 Å². The Bertz CT molecular complexity index is 701. The monoisotopic (exact) mass is 313 g/mol. The van der Waals surface area contributed by atoms with Crippen LogP contribution in [0.15, 0.2) is 60.2 Å². The van der Waals surface area contributed by atoms with Crippen LogP contribution in [0.2, 0.25) is 0 Å². The van der Waals surface area contributed by atoms with Gasteiger partial charge in [0.1, 0.15) is 5.57 Å². The standard InChI is InChI=1S/C17H15NO5/c1-2-23-17(20)15(11-12-5-3-4-6-12)16(19)13-7-9-14(10-8-13)18(21)22/h3-12H,2H2,1H3/b15-11-. The summed E-state index contributed by atoms with van der Waals surface area (Å²) in [5.74, 6) is -1.38. The van der Waals surface area contributed by atoms with Gasteiger partial charge in [0.25, 0.3) is 5.69 Å². The minimum Gasteiger partial charge on any atom is -0.462 e. The third-order valence-electron chi connectivity index (χ3n) is 3.22. The normalized spacial score (nSPS) is 14.0. The summed E-state index contributed by atoms with van der Waals surface area (Å²) in [7, 11) is 0. The van der Waals surface area contributed by atoms with E-state index < -0.39 is 16.7 Å². The predicted octanol–water partition coefficient (Wildman–Crippen LogP) is 3.01. The zero-order valence-electron chi connectivity index (χ0n) is 12.5. The number of ketones is 1. The van der Waals surface area contributed by atoms with Gasteiger partial charge < -0.3 is 4.74 Å². The molecule has 0 bridgehead atoms. The summed E-state index contributed by atoms with van der Waals surface area (Å²) in [4.78, 5) is 34.7. The summed E-state index contributed by atoms with van der Waals surface area (Å²) in [5, 5.41) is 10.7. The second-order valence-electron chi connectivity index (χ2n) is 4.78. The lowest BCUT2D eigenvalue weighted by atomic mass is 9.99. The molecule has 0 heterocycles. The second kappa shape index (κ2) is 7.31. The first kappa shape index (κ1) is 16.4. The second-order valence-corrected chi connectivity index (χ2v) is 4.78. The van der Waals surface area contributed by atoms with E-state index in [9.17, 15) is 19.7 Å². The molecule has 1 aliphatic rings. The first-order chi connectivity index (χ1) is 11.0. The smallest absolute Gasteiger partial charge is 0.341 e. The summed E-state index contributed by atoms with van der Waals surface area (Å²) < 4.78 is 4.93. The third kappa shape index (κ3) is 4.00. The van der Waals surface area contributed by atoms with E-state index in [1.54, 1.807) is 6.92 Å². The highest BCUT2D eigenvalue weighted by atomic mass is 16.6. The van der Waals surface area contributed by atoms with Gasteiger partial charge in [-0.15, -0.1) is 0 Å². The van der Waals surface area contributed by atoms with E-state index >= 15 is 0 Å². The Balaban J connectivity index is 2.32. The highest BCUT2D eigenvalue weighted by Crippen LogP contribution is 2.19. The molecule has 0 unspecified atom stereocenters. The molecule has 2 rings (SSSR count). The average Bonchev–Trinajstić information content (AvgIpc) is 3.05. The van der Waals surface area contributed by atoms with Gasteiger partial charge in [-0.3, -0.25) is 14.9 Å². The fourth-order valence-corrected chi connectivity index (χ4v) is 2.09. The lowest BCUT2D eigenvalue weighted by Gasteiger charge is -2.08. The van der Waals surface area contributed by atoms with Crippen molar-refractivity contribution in [3.8, 4) is 0 Å². The van der Waals surface area contributed by atoms with Crippen LogP contribution in [-0.2, 0) is 9.53 Å². The Morgan fingerprint density at radius 3 is 2.35 bits per heavy atom. The molecule has 0 amide bonds. The zero-order chi connectivity index (χ0) is 16.8. The first-order valence-corrected chi connectivity index (χ1v) is 7.06. The molecule has 0 radical (unpaired) electrons. The predicted molar refractivity (Wildman–Crippen MR) is 83.9 cm³/mol. The fourth-order valence-electron chi connectivity index (χ4n) is 2.09. The number of esters is 1. The van der Waals surface area contributed by atoms with Gasteiger partial charge in [-0.1, -0.05) is 30.4 Å². The van der Waals surface area contributed by atoms with E-state index in [-0.39, 0.29) is 29.3 Å². The number of ether oxygens (including phenoxy) is 1. The molecule has 1 aromatic carbocycles. The topological polar surface area (TPSA) is 86.5 Å². The first-order valence-electron chi connectivity index (χ1n) is 7.06. The highest BCUT2D eigenvalue weighted by Gasteiger charge is 2.23. The van der Waals surface area contributed by atoms with E-state index in [1.807, 2.05) is 24.3 Å². The van der Waals surface area contributed by atoms with Gasteiger partial charge in [0.05, 0.1) is 11.5 Å². The zero-order valence-corrected chi connectivity index (χ0v) is 12.5. The number of hydrogen-bond acceptors (Lipinski definition) is 5. The number of rotatable bonds is 6. The number of nitro groups is 1. The quantitative estimate of drug-likeness (QED) is 0.153. The van der Waals surface area contributed by atoms with Gasteiger partial charge in [-0.05, 0) is 19.1 Å². The summed E-state index contributed by atoms with van der Waals surface area (Å²) in [6, 6.07) is 5.11. The molecule has 0 aromatic heterocycles. The van der Waals surface area contributed by atoms with Gasteiger partial charge in [0.2, 0.25) is 0 Å². The summed E-state index contributed by atoms with van der Waals surface area (Å²) in [5.41, 5.74) is -0.00682. The van der Waals surface area contributed by atoms with Gasteiger partial charge >= 0.3 is 5.97 Å². The van der Waals surface area contributed by atoms with Crippen molar-refractivity contribution in [2.75, 3.05) is 6.61 Å². The van der Waals surface area contributed by atoms with Crippen molar-refractivity contribution in [3.05, 3.63) is 75.9 Å². The SMILES string of the molecule is CCOC(=O)/C(=C\C1C=CC=C1)C(=O)c1ccc([N+](=O)[O-])cc1. The maximum absolute atomic E-state index is 12.5. The van der Waals surface area contributed by atoms with Crippen LogP contribution in [0.3, 0.4) is 0 Å². The van der Waals surface area contributed by atoms with Crippen molar-refractivity contribution in [2.45, 2.75) is 6.92 Å². The summed E-state index contributed by atoms with van der Waals surface area (Å²) in [6.07, 6.45) is 8.84. The van der Waals surface area contributed by atoms with E-state index in [0.29, 0.717) is 0 Å². The van der Waals surface area contributed by atoms with Crippen molar-refractivity contribution in [3.63, 3.8) is 0 Å². The number of hydrogen-bond donors (Lipinski definition) is 0. The van der Waals surface area contributed by atoms with Crippen LogP contribution in [0.1, 0.15) is 17.3 Å². The van der Waals surface area contributed by atoms with Crippen LogP contribution in [0, 0.1) is 16.0 Å². The summed E-state index contributed by atoms with van der Waals surface area (Å²) >= 11 is 0. The molecule has 118 valence electrons. The fraction of sp³-hybridized carbons (Fsp3) is 0.176. The highest BCUT2D eigenvalue weighted by molar-refractivity contribution is 6.24. The summed E-state index contributed by atoms with van der Waals surface area (Å²) in [6.45, 7) is 1.81. The Labute approximate surface area is 132 Å². The molecule has 0 saturated carbocycles. The van der Waals surface area contributed by atoms with Crippen molar-refractivity contribution in [1.82, 2.24) is 0 Å². The molecule has 23 heavy (non-hydrogen) atoms. The number of allylic oxidation sites excluding steroid dienone is 5. The van der Waals surface area contributed by atoms with Gasteiger partial charge in [0, 0.05) is 23.6 Å². The molecule has 0 atom stereocenters. The van der Waals surface area contributed by atoms with Crippen LogP contribution in [0.25, 0.3) is 0 Å². The number of carbonyl (C=O) groups excluding carboxylic acids is 2. The van der Waals surface area contributed by atoms with Crippen molar-refractivity contribution < 1.29 is 19.2 Å². The van der Waals surface area contributed by atoms with Crippen LogP contribution in [-0.4, -0.2) is 23.3 Å². The molecule has 0 spiro atoms. The van der Waals surface area contributed by atoms with Crippen molar-refractivity contribution in [2.24, 2.45) is 5.92 Å². The molecule has 6 heteroatoms. The van der Waals surface area contributed by atoms with Gasteiger partial charge in [-0.25, -0.2) is 4.79 Å². The third-order valence-corrected chi connectivity index (χ3v) is 3.22. The number of nitrogens with zero attached hydrogens (tertiary/aromatic N) is 1. The van der Waals surface area contributed by atoms with Crippen LogP contribution < -0.4 is 0 Å². The Kier molecular flexibility index (Phi) is 5.19. The molecule has 0 N–H and O–H groups in total. The Hall–Kier alpha value is -3.02. The number of non-ortho nitro benzene ring substituents is 1. The maximum Gasteiger partial charge on any atom is 0.341 e. The maximum atomic E-state index is 12.5. The molecular formula is C17H15NO5. The minimum absolute atomic E-state index is 0.0816.